The van der Waals surface area contributed by atoms with Crippen LogP contribution in [-0.2, 0) is 20.9 Å². The van der Waals surface area contributed by atoms with Gasteiger partial charge in [0, 0.05) is 5.56 Å². The van der Waals surface area contributed by atoms with Crippen molar-refractivity contribution in [3.8, 4) is 17.2 Å². The number of aromatic nitrogens is 1. The molecule has 2 heterocycles. The maximum absolute atomic E-state index is 13.1. The normalized spacial score (nSPS) is 22.7. The Kier molecular flexibility index (Phi) is 6.38. The van der Waals surface area contributed by atoms with Crippen LogP contribution in [0.5, 0.6) is 5.75 Å². The second-order valence-electron chi connectivity index (χ2n) is 10.1. The van der Waals surface area contributed by atoms with Gasteiger partial charge in [-0.15, -0.1) is 0 Å². The van der Waals surface area contributed by atoms with Crippen LogP contribution in [0.2, 0.25) is 0 Å². The van der Waals surface area contributed by atoms with Crippen LogP contribution in [-0.4, -0.2) is 47.0 Å². The molecule has 1 spiro atoms. The minimum Gasteiger partial charge on any atom is -0.497 e. The van der Waals surface area contributed by atoms with Gasteiger partial charge in [-0.3, -0.25) is 14.5 Å². The predicted octanol–water partition coefficient (Wildman–Crippen LogP) is 3.92. The summed E-state index contributed by atoms with van der Waals surface area (Å²) < 4.78 is 15.8. The number of esters is 1. The lowest BCUT2D eigenvalue weighted by molar-refractivity contribution is -0.149. The maximum Gasteiger partial charge on any atom is 0.326 e. The van der Waals surface area contributed by atoms with E-state index in [1.165, 1.54) is 6.26 Å². The fourth-order valence-electron chi connectivity index (χ4n) is 4.70. The average Bonchev–Trinajstić information content (AvgIpc) is 3.37. The number of methoxy groups -OCH3 is 1. The van der Waals surface area contributed by atoms with Gasteiger partial charge in [-0.2, -0.15) is 0 Å². The van der Waals surface area contributed by atoms with Gasteiger partial charge < -0.3 is 19.2 Å². The molecule has 9 heteroatoms. The highest BCUT2D eigenvalue weighted by molar-refractivity contribution is 6.08. The summed E-state index contributed by atoms with van der Waals surface area (Å²) in [6.07, 6.45) is 4.28. The number of hydrogen-bond acceptors (Lipinski definition) is 7. The van der Waals surface area contributed by atoms with Gasteiger partial charge in [0.15, 0.2) is 0 Å². The van der Waals surface area contributed by atoms with Crippen molar-refractivity contribution in [1.82, 2.24) is 15.2 Å². The summed E-state index contributed by atoms with van der Waals surface area (Å²) in [5.41, 5.74) is 0.432. The number of hydrogen-bond donors (Lipinski definition) is 1. The first kappa shape index (κ1) is 23.8. The lowest BCUT2D eigenvalue weighted by atomic mass is 9.67. The van der Waals surface area contributed by atoms with Crippen LogP contribution in [0.4, 0.5) is 4.79 Å². The molecule has 1 saturated heterocycles. The Morgan fingerprint density at radius 2 is 1.88 bits per heavy atom. The number of nitrogens with zero attached hydrogens (tertiary/aromatic N) is 2. The van der Waals surface area contributed by atoms with Crippen molar-refractivity contribution in [2.45, 2.75) is 58.6 Å². The number of carbonyl (C=O) groups excluding carboxylic acids is 3. The molecule has 1 saturated carbocycles. The molecule has 0 unspecified atom stereocenters. The van der Waals surface area contributed by atoms with E-state index in [0.717, 1.165) is 23.3 Å². The standard InChI is InChI=1S/C25H31N3O6/c1-24(2,3)17-9-11-25(12-10-17)22(30)28(23(31)27-25)13-20(29)33-14-18-15-34-21(26-18)16-5-7-19(32-4)8-6-16/h5-8,15,17H,9-14H2,1-4H3,(H,27,31). The summed E-state index contributed by atoms with van der Waals surface area (Å²) in [5, 5.41) is 2.84. The molecule has 0 bridgehead atoms. The van der Waals surface area contributed by atoms with Crippen molar-refractivity contribution in [2.75, 3.05) is 13.7 Å². The Bertz CT molecular complexity index is 1060. The Morgan fingerprint density at radius 3 is 2.50 bits per heavy atom. The van der Waals surface area contributed by atoms with E-state index in [2.05, 4.69) is 31.1 Å². The summed E-state index contributed by atoms with van der Waals surface area (Å²) >= 11 is 0. The summed E-state index contributed by atoms with van der Waals surface area (Å²) in [6.45, 7) is 6.03. The van der Waals surface area contributed by atoms with Gasteiger partial charge in [-0.05, 0) is 61.3 Å². The molecule has 1 aliphatic heterocycles. The predicted molar refractivity (Wildman–Crippen MR) is 123 cm³/mol. The lowest BCUT2D eigenvalue weighted by Gasteiger charge is -2.40. The highest BCUT2D eigenvalue weighted by Gasteiger charge is 2.53. The molecule has 1 aromatic heterocycles. The highest BCUT2D eigenvalue weighted by Crippen LogP contribution is 2.43. The van der Waals surface area contributed by atoms with Crippen molar-refractivity contribution < 1.29 is 28.3 Å². The number of imide groups is 1. The van der Waals surface area contributed by atoms with Gasteiger partial charge in [0.1, 0.15) is 36.4 Å². The average molecular weight is 470 g/mol. The quantitative estimate of drug-likeness (QED) is 0.504. The van der Waals surface area contributed by atoms with Crippen molar-refractivity contribution in [3.05, 3.63) is 36.2 Å². The molecule has 182 valence electrons. The zero-order valence-electron chi connectivity index (χ0n) is 20.1. The number of oxazole rings is 1. The number of urea groups is 1. The van der Waals surface area contributed by atoms with E-state index in [-0.39, 0.29) is 17.9 Å². The van der Waals surface area contributed by atoms with Crippen molar-refractivity contribution >= 4 is 17.9 Å². The molecule has 3 amide bonds. The van der Waals surface area contributed by atoms with Gasteiger partial charge in [0.05, 0.1) is 7.11 Å². The number of benzene rings is 1. The molecule has 34 heavy (non-hydrogen) atoms. The van der Waals surface area contributed by atoms with Gasteiger partial charge in [-0.1, -0.05) is 20.8 Å². The highest BCUT2D eigenvalue weighted by atomic mass is 16.5. The van der Waals surface area contributed by atoms with Crippen LogP contribution in [0.25, 0.3) is 11.5 Å². The largest absolute Gasteiger partial charge is 0.497 e. The van der Waals surface area contributed by atoms with Crippen molar-refractivity contribution in [3.63, 3.8) is 0 Å². The molecule has 1 aromatic carbocycles. The molecule has 4 rings (SSSR count). The second-order valence-corrected chi connectivity index (χ2v) is 10.1. The number of rotatable bonds is 6. The van der Waals surface area contributed by atoms with Crippen molar-refractivity contribution in [2.24, 2.45) is 11.3 Å². The first-order valence-corrected chi connectivity index (χ1v) is 11.5. The maximum atomic E-state index is 13.1. The van der Waals surface area contributed by atoms with Gasteiger partial charge in [0.2, 0.25) is 5.89 Å². The first-order valence-electron chi connectivity index (χ1n) is 11.5. The smallest absolute Gasteiger partial charge is 0.326 e. The molecule has 0 atom stereocenters. The van der Waals surface area contributed by atoms with E-state index < -0.39 is 24.1 Å². The van der Waals surface area contributed by atoms with E-state index in [9.17, 15) is 14.4 Å². The van der Waals surface area contributed by atoms with E-state index in [0.29, 0.717) is 36.1 Å². The summed E-state index contributed by atoms with van der Waals surface area (Å²) in [6, 6.07) is 6.66. The van der Waals surface area contributed by atoms with Crippen LogP contribution >= 0.6 is 0 Å². The molecule has 2 aliphatic rings. The van der Waals surface area contributed by atoms with Gasteiger partial charge in [-0.25, -0.2) is 9.78 Å². The Balaban J connectivity index is 1.31. The Morgan fingerprint density at radius 1 is 1.21 bits per heavy atom. The summed E-state index contributed by atoms with van der Waals surface area (Å²) in [5.74, 6) is 0.569. The van der Waals surface area contributed by atoms with Crippen LogP contribution < -0.4 is 10.1 Å². The molecule has 2 fully saturated rings. The number of ether oxygens (including phenoxy) is 2. The molecule has 1 N–H and O–H groups in total. The third-order valence-corrected chi connectivity index (χ3v) is 6.87. The third kappa shape index (κ3) is 4.78. The zero-order chi connectivity index (χ0) is 24.5. The van der Waals surface area contributed by atoms with Gasteiger partial charge >= 0.3 is 12.0 Å². The molecule has 1 aliphatic carbocycles. The topological polar surface area (TPSA) is 111 Å². The molecule has 2 aromatic rings. The van der Waals surface area contributed by atoms with E-state index in [1.807, 2.05) is 12.1 Å². The number of amides is 3. The van der Waals surface area contributed by atoms with E-state index in [4.69, 9.17) is 13.9 Å². The van der Waals surface area contributed by atoms with Crippen LogP contribution in [0.3, 0.4) is 0 Å². The number of carbonyl (C=O) groups is 3. The van der Waals surface area contributed by atoms with Crippen LogP contribution in [0, 0.1) is 11.3 Å². The fourth-order valence-corrected chi connectivity index (χ4v) is 4.70. The minimum atomic E-state index is -0.904. The lowest BCUT2D eigenvalue weighted by Crippen LogP contribution is -2.50. The van der Waals surface area contributed by atoms with E-state index in [1.54, 1.807) is 19.2 Å². The summed E-state index contributed by atoms with van der Waals surface area (Å²) in [7, 11) is 1.59. The second kappa shape index (κ2) is 9.12. The number of nitrogens with one attached hydrogen (secondary N) is 1. The molecule has 0 radical (unpaired) electrons. The molecular weight excluding hydrogens is 438 g/mol. The zero-order valence-corrected chi connectivity index (χ0v) is 20.1. The first-order chi connectivity index (χ1) is 16.1. The fraction of sp³-hybridized carbons (Fsp3) is 0.520. The monoisotopic (exact) mass is 469 g/mol. The third-order valence-electron chi connectivity index (χ3n) is 6.87. The molecular formula is C25H31N3O6. The van der Waals surface area contributed by atoms with Crippen LogP contribution in [0.15, 0.2) is 34.9 Å². The Hall–Kier alpha value is -3.36. The van der Waals surface area contributed by atoms with Crippen LogP contribution in [0.1, 0.15) is 52.1 Å². The minimum absolute atomic E-state index is 0.124. The SMILES string of the molecule is COc1ccc(-c2nc(COC(=O)CN3C(=O)NC4(CCC(C(C)(C)C)CC4)C3=O)co2)cc1. The summed E-state index contributed by atoms with van der Waals surface area (Å²) in [4.78, 5) is 43.2. The molecule has 9 nitrogen and oxygen atoms in total. The van der Waals surface area contributed by atoms with Crippen molar-refractivity contribution in [1.29, 1.82) is 0 Å². The Labute approximate surface area is 198 Å². The van der Waals surface area contributed by atoms with E-state index >= 15 is 0 Å². The van der Waals surface area contributed by atoms with Gasteiger partial charge in [0.25, 0.3) is 5.91 Å².